The van der Waals surface area contributed by atoms with E-state index in [1.807, 2.05) is 0 Å². The number of hydrogen-bond acceptors (Lipinski definition) is 1. The second-order valence-electron chi connectivity index (χ2n) is 7.44. The maximum Gasteiger partial charge on any atom is -0.0313 e. The van der Waals surface area contributed by atoms with Crippen molar-refractivity contribution < 1.29 is 0 Å². The van der Waals surface area contributed by atoms with Crippen LogP contribution in [0.1, 0.15) is 59.3 Å². The Kier molecular flexibility index (Phi) is 1.91. The van der Waals surface area contributed by atoms with Gasteiger partial charge in [-0.25, -0.2) is 0 Å². The molecule has 0 saturated heterocycles. The van der Waals surface area contributed by atoms with Gasteiger partial charge in [0.25, 0.3) is 0 Å². The Hall–Kier alpha value is -0.0400. The third-order valence-electron chi connectivity index (χ3n) is 4.91. The molecule has 0 aromatic heterocycles. The zero-order valence-electron chi connectivity index (χ0n) is 10.0. The average Bonchev–Trinajstić information content (AvgIpc) is 1.71. The second kappa shape index (κ2) is 2.55. The molecule has 0 aromatic carbocycles. The van der Waals surface area contributed by atoms with Crippen LogP contribution in [0, 0.1) is 22.2 Å². The molecule has 4 bridgehead atoms. The topological polar surface area (TPSA) is 35.0 Å². The molecule has 4 aliphatic rings. The molecule has 0 aliphatic heterocycles. The van der Waals surface area contributed by atoms with Crippen LogP contribution < -0.4 is 6.15 Å². The van der Waals surface area contributed by atoms with Crippen molar-refractivity contribution >= 4 is 0 Å². The average molecular weight is 195 g/mol. The third kappa shape index (κ3) is 1.32. The lowest BCUT2D eigenvalue weighted by Crippen LogP contribution is -2.53. The Bertz CT molecular complexity index is 207. The molecule has 4 aliphatic carbocycles. The van der Waals surface area contributed by atoms with Crippen molar-refractivity contribution in [1.82, 2.24) is 6.15 Å². The zero-order valence-corrected chi connectivity index (χ0v) is 10.0. The Morgan fingerprint density at radius 1 is 0.714 bits per heavy atom. The van der Waals surface area contributed by atoms with Crippen LogP contribution in [0.3, 0.4) is 0 Å². The summed E-state index contributed by atoms with van der Waals surface area (Å²) in [4.78, 5) is 0. The van der Waals surface area contributed by atoms with Crippen LogP contribution >= 0.6 is 0 Å². The Balaban J connectivity index is 0.000000750. The Labute approximate surface area is 88.2 Å². The molecule has 0 heterocycles. The lowest BCUT2D eigenvalue weighted by Gasteiger charge is -2.64. The Morgan fingerprint density at radius 3 is 1.21 bits per heavy atom. The van der Waals surface area contributed by atoms with Crippen LogP contribution in [0.2, 0.25) is 0 Å². The first kappa shape index (κ1) is 10.5. The summed E-state index contributed by atoms with van der Waals surface area (Å²) < 4.78 is 0. The zero-order chi connectivity index (χ0) is 9.32. The molecule has 1 nitrogen and oxygen atoms in total. The van der Waals surface area contributed by atoms with Gasteiger partial charge in [-0.3, -0.25) is 0 Å². The molecule has 82 valence electrons. The first-order valence-electron chi connectivity index (χ1n) is 5.91. The molecule has 3 N–H and O–H groups in total. The van der Waals surface area contributed by atoms with E-state index in [0.29, 0.717) is 0 Å². The van der Waals surface area contributed by atoms with E-state index in [-0.39, 0.29) is 6.15 Å². The summed E-state index contributed by atoms with van der Waals surface area (Å²) in [6, 6.07) is 0. The number of hydrogen-bond donors (Lipinski definition) is 1. The van der Waals surface area contributed by atoms with E-state index in [2.05, 4.69) is 20.8 Å². The maximum atomic E-state index is 2.55. The van der Waals surface area contributed by atoms with Crippen molar-refractivity contribution in [3.8, 4) is 0 Å². The normalized spacial score (nSPS) is 59.8. The molecule has 0 atom stereocenters. The highest BCUT2D eigenvalue weighted by molar-refractivity contribution is 5.08. The van der Waals surface area contributed by atoms with Crippen molar-refractivity contribution in [1.29, 1.82) is 0 Å². The summed E-state index contributed by atoms with van der Waals surface area (Å²) in [5.74, 6) is 1.08. The molecule has 4 saturated carbocycles. The fraction of sp³-hybridized carbons (Fsp3) is 1.00. The highest BCUT2D eigenvalue weighted by Crippen LogP contribution is 2.69. The molecular weight excluding hydrogens is 170 g/mol. The fourth-order valence-electron chi connectivity index (χ4n) is 6.02. The summed E-state index contributed by atoms with van der Waals surface area (Å²) >= 11 is 0. The molecule has 4 fully saturated rings. The van der Waals surface area contributed by atoms with E-state index in [9.17, 15) is 0 Å². The van der Waals surface area contributed by atoms with Gasteiger partial charge in [0, 0.05) is 0 Å². The van der Waals surface area contributed by atoms with E-state index >= 15 is 0 Å². The first-order chi connectivity index (χ1) is 5.91. The molecule has 4 rings (SSSR count). The minimum atomic E-state index is 0. The van der Waals surface area contributed by atoms with E-state index < -0.39 is 0 Å². The van der Waals surface area contributed by atoms with Crippen LogP contribution in [-0.2, 0) is 0 Å². The van der Waals surface area contributed by atoms with Crippen molar-refractivity contribution in [2.24, 2.45) is 22.2 Å². The predicted molar refractivity (Wildman–Crippen MR) is 60.5 cm³/mol. The van der Waals surface area contributed by atoms with Crippen LogP contribution in [0.5, 0.6) is 0 Å². The maximum absolute atomic E-state index is 2.55. The smallest absolute Gasteiger partial charge is 0.0313 e. The lowest BCUT2D eigenvalue weighted by atomic mass is 9.41. The van der Waals surface area contributed by atoms with Crippen LogP contribution in [-0.4, -0.2) is 0 Å². The summed E-state index contributed by atoms with van der Waals surface area (Å²) in [6.45, 7) is 7.65. The van der Waals surface area contributed by atoms with Crippen LogP contribution in [0.4, 0.5) is 0 Å². The predicted octanol–water partition coefficient (Wildman–Crippen LogP) is 4.16. The molecule has 0 amide bonds. The van der Waals surface area contributed by atoms with Crippen molar-refractivity contribution in [3.63, 3.8) is 0 Å². The van der Waals surface area contributed by atoms with Gasteiger partial charge in [0.15, 0.2) is 0 Å². The third-order valence-corrected chi connectivity index (χ3v) is 4.91. The van der Waals surface area contributed by atoms with Crippen molar-refractivity contribution in [2.45, 2.75) is 59.3 Å². The molecule has 1 heteroatoms. The summed E-state index contributed by atoms with van der Waals surface area (Å²) in [7, 11) is 0. The number of rotatable bonds is 0. The molecule has 0 aromatic rings. The van der Waals surface area contributed by atoms with Gasteiger partial charge in [-0.2, -0.15) is 0 Å². The van der Waals surface area contributed by atoms with Crippen molar-refractivity contribution in [3.05, 3.63) is 0 Å². The highest BCUT2D eigenvalue weighted by atomic mass is 14.6. The highest BCUT2D eigenvalue weighted by Gasteiger charge is 2.58. The first-order valence-corrected chi connectivity index (χ1v) is 5.91. The molecule has 0 unspecified atom stereocenters. The molecule has 0 radical (unpaired) electrons. The summed E-state index contributed by atoms with van der Waals surface area (Å²) in [6.07, 6.45) is 9.18. The minimum Gasteiger partial charge on any atom is -0.344 e. The second-order valence-corrected chi connectivity index (χ2v) is 7.44. The largest absolute Gasteiger partial charge is 0.344 e. The minimum absolute atomic E-state index is 0. The quantitative estimate of drug-likeness (QED) is 0.618. The van der Waals surface area contributed by atoms with Gasteiger partial charge in [0.05, 0.1) is 0 Å². The van der Waals surface area contributed by atoms with Crippen LogP contribution in [0.25, 0.3) is 0 Å². The molecular formula is C13H25N. The lowest BCUT2D eigenvalue weighted by molar-refractivity contribution is -0.136. The van der Waals surface area contributed by atoms with Gasteiger partial charge in [-0.05, 0) is 60.7 Å². The Morgan fingerprint density at radius 2 is 1.00 bits per heavy atom. The molecule has 14 heavy (non-hydrogen) atoms. The van der Waals surface area contributed by atoms with Crippen LogP contribution in [0.15, 0.2) is 0 Å². The van der Waals surface area contributed by atoms with E-state index in [4.69, 9.17) is 0 Å². The van der Waals surface area contributed by atoms with Gasteiger partial charge in [-0.15, -0.1) is 0 Å². The van der Waals surface area contributed by atoms with Gasteiger partial charge in [0.1, 0.15) is 0 Å². The summed E-state index contributed by atoms with van der Waals surface area (Å²) in [5, 5.41) is 0. The van der Waals surface area contributed by atoms with Gasteiger partial charge in [0.2, 0.25) is 0 Å². The van der Waals surface area contributed by atoms with Gasteiger partial charge >= 0.3 is 0 Å². The SMILES string of the molecule is CC12CC3CC(C)(C1)CC(C)(C3)C2.N. The standard InChI is InChI=1S/C13H22.H3N/c1-11-4-10-5-12(2,7-11)9-13(3,6-10)8-11;/h10H,4-9H2,1-3H3;1H3. The monoisotopic (exact) mass is 195 g/mol. The van der Waals surface area contributed by atoms with E-state index in [1.54, 1.807) is 0 Å². The van der Waals surface area contributed by atoms with Crippen molar-refractivity contribution in [2.75, 3.05) is 0 Å². The van der Waals surface area contributed by atoms with E-state index in [1.165, 1.54) is 38.5 Å². The molecule has 0 spiro atoms. The fourth-order valence-corrected chi connectivity index (χ4v) is 6.02. The van der Waals surface area contributed by atoms with Gasteiger partial charge in [-0.1, -0.05) is 20.8 Å². The van der Waals surface area contributed by atoms with Gasteiger partial charge < -0.3 is 6.15 Å². The summed E-state index contributed by atoms with van der Waals surface area (Å²) in [5.41, 5.74) is 2.18. The van der Waals surface area contributed by atoms with E-state index in [0.717, 1.165) is 22.2 Å².